The van der Waals surface area contributed by atoms with Crippen molar-refractivity contribution in [2.45, 2.75) is 13.1 Å². The summed E-state index contributed by atoms with van der Waals surface area (Å²) in [6, 6.07) is 11.2. The number of carbonyl (C=O) groups is 2. The number of H-pyrrole nitrogens is 1. The highest BCUT2D eigenvalue weighted by atomic mass is 19.1. The average Bonchev–Trinajstić information content (AvgIpc) is 3.29. The maximum Gasteiger partial charge on any atom is 0.314 e. The zero-order valence-electron chi connectivity index (χ0n) is 16.7. The van der Waals surface area contributed by atoms with E-state index in [0.29, 0.717) is 22.0 Å². The van der Waals surface area contributed by atoms with Gasteiger partial charge in [-0.25, -0.2) is 13.8 Å². The summed E-state index contributed by atoms with van der Waals surface area (Å²) in [5, 5.41) is 9.63. The zero-order chi connectivity index (χ0) is 22.7. The molecule has 0 aliphatic heterocycles. The lowest BCUT2D eigenvalue weighted by molar-refractivity contribution is -0.144. The summed E-state index contributed by atoms with van der Waals surface area (Å²) in [6.07, 6.45) is 2.79. The molecule has 0 saturated carbocycles. The summed E-state index contributed by atoms with van der Waals surface area (Å²) in [6.45, 7) is 0.0900. The second-order valence-electron chi connectivity index (χ2n) is 7.08. The maximum atomic E-state index is 13.3. The normalized spacial score (nSPS) is 10.8. The van der Waals surface area contributed by atoms with Gasteiger partial charge in [0.05, 0.1) is 29.0 Å². The number of nitrogen functional groups attached to an aromatic ring is 1. The number of fused-ring (bicyclic) bond motifs is 1. The van der Waals surface area contributed by atoms with Gasteiger partial charge in [-0.3, -0.25) is 14.7 Å². The van der Waals surface area contributed by atoms with Gasteiger partial charge in [-0.2, -0.15) is 5.10 Å². The molecule has 0 unspecified atom stereocenters. The molecule has 10 heteroatoms. The van der Waals surface area contributed by atoms with E-state index in [1.54, 1.807) is 0 Å². The van der Waals surface area contributed by atoms with Crippen LogP contribution in [0.1, 0.15) is 11.1 Å². The second-order valence-corrected chi connectivity index (χ2v) is 7.08. The van der Waals surface area contributed by atoms with Crippen LogP contribution < -0.4 is 11.1 Å². The van der Waals surface area contributed by atoms with Crippen LogP contribution in [0.4, 0.5) is 20.3 Å². The number of nitrogens with two attached hydrogens (primary N) is 1. The molecule has 0 fully saturated rings. The molecule has 0 spiro atoms. The van der Waals surface area contributed by atoms with Gasteiger partial charge in [0, 0.05) is 13.1 Å². The molecule has 0 bridgehead atoms. The first-order valence-corrected chi connectivity index (χ1v) is 9.57. The number of aromatic nitrogens is 3. The number of pyridine rings is 1. The molecule has 32 heavy (non-hydrogen) atoms. The molecule has 8 nitrogen and oxygen atoms in total. The molecule has 2 aromatic heterocycles. The second kappa shape index (κ2) is 8.80. The van der Waals surface area contributed by atoms with Crippen molar-refractivity contribution in [1.29, 1.82) is 0 Å². The average molecular weight is 436 g/mol. The molecule has 0 aliphatic rings. The lowest BCUT2D eigenvalue weighted by Gasteiger charge is -2.22. The van der Waals surface area contributed by atoms with Crippen molar-refractivity contribution in [1.82, 2.24) is 20.1 Å². The van der Waals surface area contributed by atoms with Crippen molar-refractivity contribution < 1.29 is 18.4 Å². The maximum absolute atomic E-state index is 13.3. The Hall–Kier alpha value is -4.34. The number of hydrogen-bond acceptors (Lipinski definition) is 5. The molecule has 4 rings (SSSR count). The van der Waals surface area contributed by atoms with Gasteiger partial charge in [0.1, 0.15) is 17.5 Å². The number of aromatic amines is 1. The van der Waals surface area contributed by atoms with E-state index in [1.807, 2.05) is 0 Å². The van der Waals surface area contributed by atoms with Gasteiger partial charge in [-0.1, -0.05) is 24.3 Å². The molecule has 4 N–H and O–H groups in total. The number of nitrogens with zero attached hydrogens (tertiary/aromatic N) is 3. The molecule has 0 radical (unpaired) electrons. The van der Waals surface area contributed by atoms with E-state index in [-0.39, 0.29) is 24.6 Å². The molecule has 0 saturated heterocycles. The Morgan fingerprint density at radius 2 is 1.50 bits per heavy atom. The molecular formula is C22H18F2N6O2. The van der Waals surface area contributed by atoms with Crippen LogP contribution in [0, 0.1) is 11.6 Å². The standard InChI is InChI=1S/C22H18F2N6O2/c23-15-5-1-13(2-6-15)11-30(12-14-3-7-16(24)8-4-14)22(32)21(31)28-18-10-26-20(25)17-9-27-29-19(17)18/h1-10H,11-12H2,(H2,25,26)(H,27,29)(H,28,31). The quantitative estimate of drug-likeness (QED) is 0.416. The molecule has 2 amide bonds. The number of halogens is 2. The van der Waals surface area contributed by atoms with Crippen molar-refractivity contribution >= 4 is 34.2 Å². The van der Waals surface area contributed by atoms with E-state index in [9.17, 15) is 18.4 Å². The van der Waals surface area contributed by atoms with E-state index in [0.717, 1.165) is 0 Å². The first-order chi connectivity index (χ1) is 15.4. The topological polar surface area (TPSA) is 117 Å². The molecule has 2 heterocycles. The summed E-state index contributed by atoms with van der Waals surface area (Å²) >= 11 is 0. The Balaban J connectivity index is 1.58. The molecule has 162 valence electrons. The van der Waals surface area contributed by atoms with Crippen molar-refractivity contribution in [2.75, 3.05) is 11.1 Å². The minimum Gasteiger partial charge on any atom is -0.383 e. The Morgan fingerprint density at radius 3 is 2.06 bits per heavy atom. The van der Waals surface area contributed by atoms with Crippen molar-refractivity contribution in [3.8, 4) is 0 Å². The molecule has 4 aromatic rings. The van der Waals surface area contributed by atoms with Crippen LogP contribution in [0.25, 0.3) is 10.9 Å². The highest BCUT2D eigenvalue weighted by molar-refractivity contribution is 6.40. The third-order valence-corrected chi connectivity index (χ3v) is 4.82. The van der Waals surface area contributed by atoms with Crippen molar-refractivity contribution in [3.05, 3.63) is 83.7 Å². The van der Waals surface area contributed by atoms with E-state index in [4.69, 9.17) is 5.73 Å². The summed E-state index contributed by atoms with van der Waals surface area (Å²) in [5.41, 5.74) is 7.72. The van der Waals surface area contributed by atoms with Crippen LogP contribution >= 0.6 is 0 Å². The van der Waals surface area contributed by atoms with Gasteiger partial charge in [0.2, 0.25) is 0 Å². The minimum atomic E-state index is -0.906. The lowest BCUT2D eigenvalue weighted by Crippen LogP contribution is -2.39. The van der Waals surface area contributed by atoms with E-state index >= 15 is 0 Å². The van der Waals surface area contributed by atoms with Crippen LogP contribution in [0.15, 0.2) is 60.9 Å². The highest BCUT2D eigenvalue weighted by Crippen LogP contribution is 2.24. The lowest BCUT2D eigenvalue weighted by atomic mass is 10.1. The Labute approximate surface area is 181 Å². The highest BCUT2D eigenvalue weighted by Gasteiger charge is 2.24. The van der Waals surface area contributed by atoms with Gasteiger partial charge in [0.25, 0.3) is 0 Å². The van der Waals surface area contributed by atoms with Gasteiger partial charge in [0.15, 0.2) is 0 Å². The molecule has 2 aromatic carbocycles. The smallest absolute Gasteiger partial charge is 0.314 e. The van der Waals surface area contributed by atoms with Gasteiger partial charge in [-0.15, -0.1) is 0 Å². The predicted molar refractivity (Wildman–Crippen MR) is 114 cm³/mol. The zero-order valence-corrected chi connectivity index (χ0v) is 16.7. The Morgan fingerprint density at radius 1 is 0.938 bits per heavy atom. The van der Waals surface area contributed by atoms with Crippen LogP contribution in [-0.4, -0.2) is 31.9 Å². The third kappa shape index (κ3) is 4.53. The third-order valence-electron chi connectivity index (χ3n) is 4.82. The Kier molecular flexibility index (Phi) is 5.75. The minimum absolute atomic E-state index is 0.0450. The van der Waals surface area contributed by atoms with Crippen LogP contribution in [0.2, 0.25) is 0 Å². The number of anilines is 2. The number of carbonyl (C=O) groups excluding carboxylic acids is 2. The fourth-order valence-electron chi connectivity index (χ4n) is 3.19. The van der Waals surface area contributed by atoms with E-state index < -0.39 is 23.4 Å². The van der Waals surface area contributed by atoms with Crippen molar-refractivity contribution in [2.24, 2.45) is 0 Å². The monoisotopic (exact) mass is 436 g/mol. The first-order valence-electron chi connectivity index (χ1n) is 9.57. The number of hydrogen-bond donors (Lipinski definition) is 3. The number of amides is 2. The summed E-state index contributed by atoms with van der Waals surface area (Å²) in [4.78, 5) is 31.1. The van der Waals surface area contributed by atoms with Gasteiger partial charge >= 0.3 is 11.8 Å². The summed E-state index contributed by atoms with van der Waals surface area (Å²) in [7, 11) is 0. The number of rotatable bonds is 5. The number of nitrogens with one attached hydrogen (secondary N) is 2. The predicted octanol–water partition coefficient (Wildman–Crippen LogP) is 2.99. The van der Waals surface area contributed by atoms with E-state index in [2.05, 4.69) is 20.5 Å². The summed E-state index contributed by atoms with van der Waals surface area (Å²) < 4.78 is 26.5. The fourth-order valence-corrected chi connectivity index (χ4v) is 3.19. The molecule has 0 atom stereocenters. The Bertz CT molecular complexity index is 1220. The van der Waals surface area contributed by atoms with Gasteiger partial charge in [-0.05, 0) is 35.4 Å². The summed E-state index contributed by atoms with van der Waals surface area (Å²) in [5.74, 6) is -2.34. The fraction of sp³-hybridized carbons (Fsp3) is 0.0909. The SMILES string of the molecule is Nc1ncc(NC(=O)C(=O)N(Cc2ccc(F)cc2)Cc2ccc(F)cc2)c2[nH]ncc12. The van der Waals surface area contributed by atoms with Crippen LogP contribution in [0.3, 0.4) is 0 Å². The van der Waals surface area contributed by atoms with Crippen LogP contribution in [-0.2, 0) is 22.7 Å². The van der Waals surface area contributed by atoms with E-state index in [1.165, 1.54) is 65.8 Å². The molecular weight excluding hydrogens is 418 g/mol. The molecule has 0 aliphatic carbocycles. The van der Waals surface area contributed by atoms with Crippen LogP contribution in [0.5, 0.6) is 0 Å². The largest absolute Gasteiger partial charge is 0.383 e. The van der Waals surface area contributed by atoms with Crippen molar-refractivity contribution in [3.63, 3.8) is 0 Å². The first kappa shape index (κ1) is 20.9. The number of benzene rings is 2. The van der Waals surface area contributed by atoms with Gasteiger partial charge < -0.3 is 16.0 Å².